The number of allylic oxidation sites excluding steroid dienone is 1. The molecule has 1 amide bonds. The SMILES string of the molecule is C=NN(C=C(C)C)C1CCN(C(=O)OC(C)(C)C)C(C(F)(F)F)C1.CC. The molecule has 0 bridgehead atoms. The van der Waals surface area contributed by atoms with Crippen LogP contribution in [-0.2, 0) is 4.74 Å². The zero-order valence-corrected chi connectivity index (χ0v) is 16.9. The van der Waals surface area contributed by atoms with Gasteiger partial charge in [0.25, 0.3) is 0 Å². The molecule has 0 N–H and O–H groups in total. The van der Waals surface area contributed by atoms with E-state index in [0.29, 0.717) is 6.42 Å². The van der Waals surface area contributed by atoms with Gasteiger partial charge in [-0.25, -0.2) is 4.79 Å². The summed E-state index contributed by atoms with van der Waals surface area (Å²) in [5, 5.41) is 5.25. The average Bonchev–Trinajstić information content (AvgIpc) is 2.51. The molecule has 0 aromatic carbocycles. The van der Waals surface area contributed by atoms with Crippen LogP contribution < -0.4 is 0 Å². The van der Waals surface area contributed by atoms with Gasteiger partial charge < -0.3 is 4.74 Å². The van der Waals surface area contributed by atoms with Gasteiger partial charge in [-0.05, 0) is 47.5 Å². The summed E-state index contributed by atoms with van der Waals surface area (Å²) in [7, 11) is 0. The fourth-order valence-electron chi connectivity index (χ4n) is 2.56. The van der Waals surface area contributed by atoms with Gasteiger partial charge in [-0.15, -0.1) is 0 Å². The second-order valence-corrected chi connectivity index (χ2v) is 7.14. The summed E-state index contributed by atoms with van der Waals surface area (Å²) in [6, 6.07) is -2.37. The van der Waals surface area contributed by atoms with Crippen LogP contribution >= 0.6 is 0 Å². The Kier molecular flexibility index (Phi) is 9.17. The molecule has 1 aliphatic heterocycles. The molecule has 2 atom stereocenters. The maximum Gasteiger partial charge on any atom is 0.410 e. The number of carbonyl (C=O) groups excluding carboxylic acids is 1. The number of hydrogen-bond acceptors (Lipinski definition) is 4. The Hall–Kier alpha value is -1.73. The molecule has 8 heteroatoms. The lowest BCUT2D eigenvalue weighted by Crippen LogP contribution is -2.57. The number of likely N-dealkylation sites (tertiary alicyclic amines) is 1. The molecule has 26 heavy (non-hydrogen) atoms. The molecule has 0 radical (unpaired) electrons. The topological polar surface area (TPSA) is 45.1 Å². The Morgan fingerprint density at radius 3 is 2.19 bits per heavy atom. The van der Waals surface area contributed by atoms with Crippen molar-refractivity contribution in [1.29, 1.82) is 0 Å². The van der Waals surface area contributed by atoms with Gasteiger partial charge in [0.15, 0.2) is 0 Å². The van der Waals surface area contributed by atoms with Crippen LogP contribution in [0.3, 0.4) is 0 Å². The molecule has 0 aromatic rings. The number of rotatable bonds is 3. The summed E-state index contributed by atoms with van der Waals surface area (Å²) in [4.78, 5) is 12.9. The summed E-state index contributed by atoms with van der Waals surface area (Å²) in [5.74, 6) is 0. The Labute approximate surface area is 154 Å². The van der Waals surface area contributed by atoms with E-state index in [-0.39, 0.29) is 13.0 Å². The number of hydrogen-bond donors (Lipinski definition) is 0. The van der Waals surface area contributed by atoms with E-state index in [1.807, 2.05) is 27.7 Å². The van der Waals surface area contributed by atoms with Crippen LogP contribution in [-0.4, -0.2) is 53.1 Å². The van der Waals surface area contributed by atoms with Crippen molar-refractivity contribution in [3.05, 3.63) is 11.8 Å². The lowest BCUT2D eigenvalue weighted by molar-refractivity contribution is -0.192. The van der Waals surface area contributed by atoms with Crippen molar-refractivity contribution >= 4 is 12.8 Å². The zero-order chi connectivity index (χ0) is 20.7. The normalized spacial score (nSPS) is 20.5. The summed E-state index contributed by atoms with van der Waals surface area (Å²) >= 11 is 0. The van der Waals surface area contributed by atoms with Crippen molar-refractivity contribution < 1.29 is 22.7 Å². The molecule has 0 spiro atoms. The van der Waals surface area contributed by atoms with E-state index in [1.165, 1.54) is 5.01 Å². The van der Waals surface area contributed by atoms with E-state index >= 15 is 0 Å². The fourth-order valence-corrected chi connectivity index (χ4v) is 2.56. The molecule has 0 saturated carbocycles. The van der Waals surface area contributed by atoms with Crippen molar-refractivity contribution in [2.45, 2.75) is 85.2 Å². The number of piperidine rings is 1. The highest BCUT2D eigenvalue weighted by molar-refractivity contribution is 5.69. The van der Waals surface area contributed by atoms with Gasteiger partial charge >= 0.3 is 12.3 Å². The quantitative estimate of drug-likeness (QED) is 0.501. The Bertz CT molecular complexity index is 495. The first-order valence-electron chi connectivity index (χ1n) is 8.81. The minimum atomic E-state index is -4.53. The average molecular weight is 379 g/mol. The highest BCUT2D eigenvalue weighted by Gasteiger charge is 2.50. The second kappa shape index (κ2) is 9.83. The second-order valence-electron chi connectivity index (χ2n) is 7.14. The highest BCUT2D eigenvalue weighted by Crippen LogP contribution is 2.34. The van der Waals surface area contributed by atoms with Gasteiger partial charge in [0.2, 0.25) is 0 Å². The van der Waals surface area contributed by atoms with Gasteiger partial charge in [-0.1, -0.05) is 19.4 Å². The first-order chi connectivity index (χ1) is 11.8. The molecule has 0 aliphatic carbocycles. The number of amides is 1. The van der Waals surface area contributed by atoms with E-state index in [0.717, 1.165) is 10.5 Å². The van der Waals surface area contributed by atoms with Crippen molar-refractivity contribution in [2.75, 3.05) is 6.54 Å². The Morgan fingerprint density at radius 1 is 1.27 bits per heavy atom. The minimum absolute atomic E-state index is 0.0492. The summed E-state index contributed by atoms with van der Waals surface area (Å²) in [6.07, 6.45) is -3.73. The van der Waals surface area contributed by atoms with Crippen LogP contribution in [0.15, 0.2) is 16.9 Å². The van der Waals surface area contributed by atoms with Crippen molar-refractivity contribution in [3.63, 3.8) is 0 Å². The van der Waals surface area contributed by atoms with Crippen LogP contribution in [0.2, 0.25) is 0 Å². The Morgan fingerprint density at radius 2 is 1.81 bits per heavy atom. The molecule has 1 fully saturated rings. The van der Waals surface area contributed by atoms with Crippen LogP contribution in [0.5, 0.6) is 0 Å². The number of alkyl halides is 3. The molecule has 152 valence electrons. The third-order valence-electron chi connectivity index (χ3n) is 3.51. The molecule has 0 aromatic heterocycles. The molecular weight excluding hydrogens is 347 g/mol. The van der Waals surface area contributed by atoms with E-state index in [1.54, 1.807) is 27.0 Å². The van der Waals surface area contributed by atoms with E-state index in [2.05, 4.69) is 11.8 Å². The minimum Gasteiger partial charge on any atom is -0.444 e. The van der Waals surface area contributed by atoms with Crippen LogP contribution in [0.1, 0.15) is 61.3 Å². The summed E-state index contributed by atoms with van der Waals surface area (Å²) < 4.78 is 45.5. The van der Waals surface area contributed by atoms with Gasteiger partial charge in [0, 0.05) is 19.5 Å². The summed E-state index contributed by atoms with van der Waals surface area (Å²) in [5.41, 5.74) is 0.0569. The maximum absolute atomic E-state index is 13.5. The molecule has 1 rings (SSSR count). The largest absolute Gasteiger partial charge is 0.444 e. The highest BCUT2D eigenvalue weighted by atomic mass is 19.4. The zero-order valence-electron chi connectivity index (χ0n) is 16.9. The predicted molar refractivity (Wildman–Crippen MR) is 98.0 cm³/mol. The molecule has 5 nitrogen and oxygen atoms in total. The molecule has 2 unspecified atom stereocenters. The number of hydrazone groups is 1. The fraction of sp³-hybridized carbons (Fsp3) is 0.778. The smallest absolute Gasteiger partial charge is 0.410 e. The van der Waals surface area contributed by atoms with Gasteiger partial charge in [0.1, 0.15) is 11.6 Å². The van der Waals surface area contributed by atoms with Crippen LogP contribution in [0.25, 0.3) is 0 Å². The third-order valence-corrected chi connectivity index (χ3v) is 3.51. The van der Waals surface area contributed by atoms with Crippen molar-refractivity contribution in [3.8, 4) is 0 Å². The third kappa shape index (κ3) is 7.66. The predicted octanol–water partition coefficient (Wildman–Crippen LogP) is 5.18. The Balaban J connectivity index is 0.00000301. The molecule has 1 saturated heterocycles. The van der Waals surface area contributed by atoms with E-state index in [4.69, 9.17) is 4.74 Å². The van der Waals surface area contributed by atoms with Crippen molar-refractivity contribution in [2.24, 2.45) is 5.10 Å². The number of carbonyl (C=O) groups is 1. The molecular formula is C18H32F3N3O2. The van der Waals surface area contributed by atoms with E-state index in [9.17, 15) is 18.0 Å². The van der Waals surface area contributed by atoms with Gasteiger partial charge in [0.05, 0.1) is 6.04 Å². The first-order valence-corrected chi connectivity index (χ1v) is 8.81. The lowest BCUT2D eigenvalue weighted by Gasteiger charge is -2.42. The number of halogens is 3. The molecule has 1 aliphatic rings. The van der Waals surface area contributed by atoms with Crippen LogP contribution in [0.4, 0.5) is 18.0 Å². The van der Waals surface area contributed by atoms with Crippen LogP contribution in [0, 0.1) is 0 Å². The van der Waals surface area contributed by atoms with Gasteiger partial charge in [-0.3, -0.25) is 9.91 Å². The maximum atomic E-state index is 13.5. The summed E-state index contributed by atoms with van der Waals surface area (Å²) in [6.45, 7) is 15.9. The lowest BCUT2D eigenvalue weighted by atomic mass is 9.96. The molecule has 1 heterocycles. The monoisotopic (exact) mass is 379 g/mol. The number of nitrogens with zero attached hydrogens (tertiary/aromatic N) is 3. The van der Waals surface area contributed by atoms with E-state index < -0.39 is 30.0 Å². The van der Waals surface area contributed by atoms with Gasteiger partial charge in [-0.2, -0.15) is 18.3 Å². The first kappa shape index (κ1) is 24.3. The van der Waals surface area contributed by atoms with Crippen molar-refractivity contribution in [1.82, 2.24) is 9.91 Å². The standard InChI is InChI=1S/C16H26F3N3O2.C2H6/c1-11(2)10-22(20-6)12-7-8-21(13(9-12)16(17,18)19)14(23)24-15(3,4)5;1-2/h10,12-13H,6-9H2,1-5H3;1-2H3. The number of ether oxygens (including phenoxy) is 1.